The van der Waals surface area contributed by atoms with E-state index in [0.717, 1.165) is 22.9 Å². The number of rotatable bonds is 2. The van der Waals surface area contributed by atoms with Crippen LogP contribution in [0.5, 0.6) is 0 Å². The molecule has 2 aromatic carbocycles. The van der Waals surface area contributed by atoms with E-state index in [0.29, 0.717) is 25.2 Å². The van der Waals surface area contributed by atoms with Crippen molar-refractivity contribution in [2.45, 2.75) is 24.7 Å². The quantitative estimate of drug-likeness (QED) is 0.905. The summed E-state index contributed by atoms with van der Waals surface area (Å²) >= 11 is 0. The number of nitrogens with one attached hydrogen (secondary N) is 1. The average Bonchev–Trinajstić information content (AvgIpc) is 2.64. The standard InChI is InChI=1S/C19H16F2N2O2/c20-14-3-2-12(10-15(14)21)17-19-18(24-7-8-25-19)13-9-11(5-6-22)1-4-16(13)23-17/h1-4,9-10,17-19,23H,5,7-8H2. The minimum absolute atomic E-state index is 0.318. The first-order valence-electron chi connectivity index (χ1n) is 8.12. The van der Waals surface area contributed by atoms with Crippen molar-refractivity contribution >= 4 is 5.69 Å². The van der Waals surface area contributed by atoms with Gasteiger partial charge in [-0.05, 0) is 35.4 Å². The Labute approximate surface area is 144 Å². The van der Waals surface area contributed by atoms with Crippen LogP contribution in [0.15, 0.2) is 36.4 Å². The van der Waals surface area contributed by atoms with Gasteiger partial charge in [0, 0.05) is 11.3 Å². The first kappa shape index (κ1) is 16.0. The molecule has 0 aromatic heterocycles. The van der Waals surface area contributed by atoms with E-state index in [-0.39, 0.29) is 18.2 Å². The molecule has 0 radical (unpaired) electrons. The van der Waals surface area contributed by atoms with Gasteiger partial charge in [0.1, 0.15) is 12.2 Å². The summed E-state index contributed by atoms with van der Waals surface area (Å²) in [6, 6.07) is 11.4. The van der Waals surface area contributed by atoms with Gasteiger partial charge >= 0.3 is 0 Å². The fourth-order valence-electron chi connectivity index (χ4n) is 3.49. The normalized spacial score (nSPS) is 24.6. The summed E-state index contributed by atoms with van der Waals surface area (Å²) in [4.78, 5) is 0. The summed E-state index contributed by atoms with van der Waals surface area (Å²) in [5.41, 5.74) is 3.29. The van der Waals surface area contributed by atoms with Gasteiger partial charge in [-0.3, -0.25) is 0 Å². The number of anilines is 1. The van der Waals surface area contributed by atoms with Gasteiger partial charge in [0.15, 0.2) is 11.6 Å². The van der Waals surface area contributed by atoms with Crippen LogP contribution in [0.3, 0.4) is 0 Å². The predicted octanol–water partition coefficient (Wildman–Crippen LogP) is 3.65. The summed E-state index contributed by atoms with van der Waals surface area (Å²) in [5.74, 6) is -1.76. The maximum absolute atomic E-state index is 13.7. The Balaban J connectivity index is 1.75. The lowest BCUT2D eigenvalue weighted by Gasteiger charge is -2.43. The van der Waals surface area contributed by atoms with E-state index >= 15 is 0 Å². The summed E-state index contributed by atoms with van der Waals surface area (Å²) in [5, 5.41) is 12.3. The van der Waals surface area contributed by atoms with Gasteiger partial charge in [-0.25, -0.2) is 8.78 Å². The number of fused-ring (bicyclic) bond motifs is 3. The van der Waals surface area contributed by atoms with Crippen LogP contribution in [0.25, 0.3) is 0 Å². The molecule has 2 aliphatic heterocycles. The van der Waals surface area contributed by atoms with Crippen molar-refractivity contribution in [3.63, 3.8) is 0 Å². The largest absolute Gasteiger partial charge is 0.375 e. The second-order valence-electron chi connectivity index (χ2n) is 6.18. The Bertz CT molecular complexity index is 850. The van der Waals surface area contributed by atoms with Crippen LogP contribution >= 0.6 is 0 Å². The zero-order valence-corrected chi connectivity index (χ0v) is 13.3. The number of halogens is 2. The van der Waals surface area contributed by atoms with Crippen LogP contribution < -0.4 is 5.32 Å². The molecule has 4 nitrogen and oxygen atoms in total. The van der Waals surface area contributed by atoms with Gasteiger partial charge < -0.3 is 14.8 Å². The lowest BCUT2D eigenvalue weighted by Crippen LogP contribution is -2.43. The van der Waals surface area contributed by atoms with Crippen LogP contribution in [-0.4, -0.2) is 19.3 Å². The number of hydrogen-bond acceptors (Lipinski definition) is 4. The predicted molar refractivity (Wildman–Crippen MR) is 86.9 cm³/mol. The highest BCUT2D eigenvalue weighted by molar-refractivity contribution is 5.59. The molecular formula is C19H16F2N2O2. The Morgan fingerprint density at radius 3 is 2.72 bits per heavy atom. The zero-order valence-electron chi connectivity index (χ0n) is 13.3. The molecule has 0 spiro atoms. The summed E-state index contributed by atoms with van der Waals surface area (Å²) < 4.78 is 38.8. The lowest BCUT2D eigenvalue weighted by atomic mass is 9.86. The van der Waals surface area contributed by atoms with E-state index in [1.165, 1.54) is 6.07 Å². The lowest BCUT2D eigenvalue weighted by molar-refractivity contribution is -0.151. The first-order chi connectivity index (χ1) is 12.2. The molecule has 3 unspecified atom stereocenters. The molecule has 4 rings (SSSR count). The number of benzene rings is 2. The molecule has 2 heterocycles. The van der Waals surface area contributed by atoms with Crippen molar-refractivity contribution in [3.8, 4) is 6.07 Å². The topological polar surface area (TPSA) is 54.3 Å². The molecule has 25 heavy (non-hydrogen) atoms. The molecule has 1 N–H and O–H groups in total. The molecule has 128 valence electrons. The van der Waals surface area contributed by atoms with Crippen molar-refractivity contribution in [2.75, 3.05) is 18.5 Å². The molecule has 3 atom stereocenters. The minimum atomic E-state index is -0.886. The van der Waals surface area contributed by atoms with Crippen molar-refractivity contribution in [2.24, 2.45) is 0 Å². The zero-order chi connectivity index (χ0) is 17.4. The SMILES string of the molecule is N#CCc1ccc2c(c1)C1OCCOC1C(c1ccc(F)c(F)c1)N2. The molecule has 0 saturated carbocycles. The van der Waals surface area contributed by atoms with Gasteiger partial charge in [0.2, 0.25) is 0 Å². The molecule has 2 aliphatic rings. The number of nitrogens with zero attached hydrogens (tertiary/aromatic N) is 1. The van der Waals surface area contributed by atoms with Crippen LogP contribution in [-0.2, 0) is 15.9 Å². The van der Waals surface area contributed by atoms with Gasteiger partial charge in [0.25, 0.3) is 0 Å². The van der Waals surface area contributed by atoms with E-state index in [9.17, 15) is 8.78 Å². The minimum Gasteiger partial charge on any atom is -0.375 e. The molecular weight excluding hydrogens is 326 g/mol. The van der Waals surface area contributed by atoms with Crippen molar-refractivity contribution in [1.82, 2.24) is 0 Å². The number of hydrogen-bond donors (Lipinski definition) is 1. The second-order valence-corrected chi connectivity index (χ2v) is 6.18. The number of ether oxygens (including phenoxy) is 2. The first-order valence-corrected chi connectivity index (χ1v) is 8.12. The highest BCUT2D eigenvalue weighted by atomic mass is 19.2. The van der Waals surface area contributed by atoms with Crippen molar-refractivity contribution < 1.29 is 18.3 Å². The van der Waals surface area contributed by atoms with Crippen LogP contribution in [0.2, 0.25) is 0 Å². The summed E-state index contributed by atoms with van der Waals surface area (Å²) in [7, 11) is 0. The van der Waals surface area contributed by atoms with Crippen LogP contribution in [0, 0.1) is 23.0 Å². The molecule has 0 bridgehead atoms. The second kappa shape index (κ2) is 6.43. The molecule has 2 aromatic rings. The van der Waals surface area contributed by atoms with E-state index < -0.39 is 11.6 Å². The van der Waals surface area contributed by atoms with E-state index in [4.69, 9.17) is 14.7 Å². The molecule has 1 fully saturated rings. The van der Waals surface area contributed by atoms with Crippen LogP contribution in [0.1, 0.15) is 28.8 Å². The van der Waals surface area contributed by atoms with Crippen LogP contribution in [0.4, 0.5) is 14.5 Å². The van der Waals surface area contributed by atoms with E-state index in [2.05, 4.69) is 11.4 Å². The van der Waals surface area contributed by atoms with Gasteiger partial charge in [0.05, 0.1) is 31.7 Å². The fourth-order valence-corrected chi connectivity index (χ4v) is 3.49. The molecule has 6 heteroatoms. The smallest absolute Gasteiger partial charge is 0.159 e. The number of nitriles is 1. The maximum Gasteiger partial charge on any atom is 0.159 e. The molecule has 0 aliphatic carbocycles. The third-order valence-corrected chi connectivity index (χ3v) is 4.64. The Kier molecular flexibility index (Phi) is 4.12. The Morgan fingerprint density at radius 1 is 1.08 bits per heavy atom. The molecule has 1 saturated heterocycles. The average molecular weight is 342 g/mol. The highest BCUT2D eigenvalue weighted by Gasteiger charge is 2.41. The Morgan fingerprint density at radius 2 is 1.92 bits per heavy atom. The van der Waals surface area contributed by atoms with E-state index in [1.807, 2.05) is 18.2 Å². The van der Waals surface area contributed by atoms with E-state index in [1.54, 1.807) is 6.07 Å². The van der Waals surface area contributed by atoms with Gasteiger partial charge in [-0.2, -0.15) is 5.26 Å². The van der Waals surface area contributed by atoms with Crippen molar-refractivity contribution in [3.05, 3.63) is 64.7 Å². The summed E-state index contributed by atoms with van der Waals surface area (Å²) in [6.45, 7) is 0.907. The van der Waals surface area contributed by atoms with Crippen molar-refractivity contribution in [1.29, 1.82) is 5.26 Å². The third kappa shape index (κ3) is 2.86. The Hall–Kier alpha value is -2.49. The maximum atomic E-state index is 13.7. The van der Waals surface area contributed by atoms with Gasteiger partial charge in [-0.1, -0.05) is 12.1 Å². The third-order valence-electron chi connectivity index (χ3n) is 4.64. The monoisotopic (exact) mass is 342 g/mol. The highest BCUT2D eigenvalue weighted by Crippen LogP contribution is 2.44. The van der Waals surface area contributed by atoms with Gasteiger partial charge in [-0.15, -0.1) is 0 Å². The fraction of sp³-hybridized carbons (Fsp3) is 0.316. The molecule has 0 amide bonds. The summed E-state index contributed by atoms with van der Waals surface area (Å²) in [6.07, 6.45) is -0.358.